The average molecular weight is 401 g/mol. The Hall–Kier alpha value is -2.74. The number of nitrogens with one attached hydrogen (secondary N) is 2. The van der Waals surface area contributed by atoms with E-state index in [0.29, 0.717) is 11.7 Å². The number of hydrogen-bond donors (Lipinski definition) is 2. The summed E-state index contributed by atoms with van der Waals surface area (Å²) < 4.78 is 16.9. The van der Waals surface area contributed by atoms with Crippen molar-refractivity contribution in [3.8, 4) is 0 Å². The summed E-state index contributed by atoms with van der Waals surface area (Å²) in [7, 11) is 0. The molecule has 1 unspecified atom stereocenters. The lowest BCUT2D eigenvalue weighted by molar-refractivity contribution is 0.613. The summed E-state index contributed by atoms with van der Waals surface area (Å²) in [6.07, 6.45) is 1.96. The van der Waals surface area contributed by atoms with Crippen molar-refractivity contribution in [1.82, 2.24) is 24.9 Å². The third-order valence-corrected chi connectivity index (χ3v) is 4.86. The summed E-state index contributed by atoms with van der Waals surface area (Å²) >= 11 is 5.48. The minimum Gasteiger partial charge on any atom is -0.354 e. The first-order valence-corrected chi connectivity index (χ1v) is 9.67. The van der Waals surface area contributed by atoms with E-state index in [1.54, 1.807) is 12.1 Å². The Morgan fingerprint density at radius 3 is 2.54 bits per heavy atom. The number of thiocarbonyl (C=S) groups is 1. The summed E-state index contributed by atoms with van der Waals surface area (Å²) in [5.74, 6) is -0.242. The lowest BCUT2D eigenvalue weighted by Crippen LogP contribution is -2.31. The highest BCUT2D eigenvalue weighted by Crippen LogP contribution is 2.21. The Labute approximate surface area is 169 Å². The molecule has 6 nitrogen and oxygen atoms in total. The summed E-state index contributed by atoms with van der Waals surface area (Å²) in [4.78, 5) is 0. The van der Waals surface area contributed by atoms with Gasteiger partial charge in [-0.2, -0.15) is 10.2 Å². The standard InChI is InChI=1S/C20H25FN6S/c1-5-26-11-10-18(25-26)13(2)22-20(28)23-19-14(3)24-27(15(19)4)12-16-6-8-17(21)9-7-16/h6-11,13H,5,12H2,1-4H3,(H2,22,23,28). The van der Waals surface area contributed by atoms with E-state index in [4.69, 9.17) is 12.2 Å². The van der Waals surface area contributed by atoms with Crippen molar-refractivity contribution in [2.75, 3.05) is 5.32 Å². The second-order valence-electron chi connectivity index (χ2n) is 6.75. The predicted molar refractivity (Wildman–Crippen MR) is 113 cm³/mol. The van der Waals surface area contributed by atoms with E-state index in [1.165, 1.54) is 12.1 Å². The lowest BCUT2D eigenvalue weighted by atomic mass is 10.2. The van der Waals surface area contributed by atoms with Crippen LogP contribution in [0.4, 0.5) is 10.1 Å². The van der Waals surface area contributed by atoms with Crippen molar-refractivity contribution in [3.05, 3.63) is 65.0 Å². The number of aryl methyl sites for hydroxylation is 2. The van der Waals surface area contributed by atoms with Gasteiger partial charge in [-0.25, -0.2) is 4.39 Å². The quantitative estimate of drug-likeness (QED) is 0.614. The maximum Gasteiger partial charge on any atom is 0.171 e. The molecule has 0 aliphatic carbocycles. The molecule has 0 bridgehead atoms. The van der Waals surface area contributed by atoms with Crippen molar-refractivity contribution >= 4 is 23.0 Å². The van der Waals surface area contributed by atoms with Crippen molar-refractivity contribution < 1.29 is 4.39 Å². The number of nitrogens with zero attached hydrogens (tertiary/aromatic N) is 4. The van der Waals surface area contributed by atoms with Gasteiger partial charge >= 0.3 is 0 Å². The van der Waals surface area contributed by atoms with Gasteiger partial charge in [-0.3, -0.25) is 9.36 Å². The molecule has 0 radical (unpaired) electrons. The molecule has 3 aromatic rings. The van der Waals surface area contributed by atoms with Crippen LogP contribution in [0.2, 0.25) is 0 Å². The van der Waals surface area contributed by atoms with E-state index in [9.17, 15) is 4.39 Å². The molecule has 1 atom stereocenters. The molecule has 0 fully saturated rings. The van der Waals surface area contributed by atoms with Crippen LogP contribution in [0, 0.1) is 19.7 Å². The first kappa shape index (κ1) is 20.0. The number of aromatic nitrogens is 4. The molecule has 0 aliphatic rings. The first-order valence-electron chi connectivity index (χ1n) is 9.26. The van der Waals surface area contributed by atoms with Crippen LogP contribution >= 0.6 is 12.2 Å². The molecular formula is C20H25FN6S. The van der Waals surface area contributed by atoms with Gasteiger partial charge in [0.15, 0.2) is 5.11 Å². The van der Waals surface area contributed by atoms with Gasteiger partial charge in [0.05, 0.1) is 35.4 Å². The van der Waals surface area contributed by atoms with E-state index >= 15 is 0 Å². The molecule has 0 saturated carbocycles. The fraction of sp³-hybridized carbons (Fsp3) is 0.350. The predicted octanol–water partition coefficient (Wildman–Crippen LogP) is 3.95. The number of hydrogen-bond acceptors (Lipinski definition) is 3. The number of rotatable bonds is 6. The molecule has 3 rings (SSSR count). The second kappa shape index (κ2) is 8.52. The van der Waals surface area contributed by atoms with Crippen molar-refractivity contribution in [2.24, 2.45) is 0 Å². The zero-order chi connectivity index (χ0) is 20.3. The molecule has 2 N–H and O–H groups in total. The van der Waals surface area contributed by atoms with E-state index < -0.39 is 0 Å². The third kappa shape index (κ3) is 4.56. The number of halogens is 1. The fourth-order valence-corrected chi connectivity index (χ4v) is 3.28. The van der Waals surface area contributed by atoms with Gasteiger partial charge in [-0.1, -0.05) is 12.1 Å². The molecule has 0 aliphatic heterocycles. The van der Waals surface area contributed by atoms with Crippen LogP contribution in [0.1, 0.15) is 42.5 Å². The van der Waals surface area contributed by atoms with Gasteiger partial charge in [-0.05, 0) is 63.7 Å². The van der Waals surface area contributed by atoms with Gasteiger partial charge in [0.2, 0.25) is 0 Å². The van der Waals surface area contributed by atoms with Crippen LogP contribution in [0.5, 0.6) is 0 Å². The van der Waals surface area contributed by atoms with Gasteiger partial charge in [-0.15, -0.1) is 0 Å². The summed E-state index contributed by atoms with van der Waals surface area (Å²) in [6.45, 7) is 9.40. The van der Waals surface area contributed by atoms with E-state index in [1.807, 2.05) is 42.4 Å². The molecule has 28 heavy (non-hydrogen) atoms. The molecule has 8 heteroatoms. The zero-order valence-electron chi connectivity index (χ0n) is 16.5. The minimum absolute atomic E-state index is 0.0114. The van der Waals surface area contributed by atoms with Gasteiger partial charge in [0, 0.05) is 12.7 Å². The highest BCUT2D eigenvalue weighted by Gasteiger charge is 2.15. The van der Waals surface area contributed by atoms with Crippen LogP contribution in [0.25, 0.3) is 0 Å². The molecule has 2 aromatic heterocycles. The Morgan fingerprint density at radius 1 is 1.18 bits per heavy atom. The summed E-state index contributed by atoms with van der Waals surface area (Å²) in [5, 5.41) is 16.1. The first-order chi connectivity index (χ1) is 13.4. The number of benzene rings is 1. The van der Waals surface area contributed by atoms with Crippen LogP contribution < -0.4 is 10.6 Å². The Bertz CT molecular complexity index is 960. The van der Waals surface area contributed by atoms with E-state index in [0.717, 1.165) is 34.9 Å². The normalized spacial score (nSPS) is 12.0. The molecule has 0 saturated heterocycles. The van der Waals surface area contributed by atoms with E-state index in [-0.39, 0.29) is 11.9 Å². The van der Waals surface area contributed by atoms with Crippen molar-refractivity contribution in [3.63, 3.8) is 0 Å². The fourth-order valence-electron chi connectivity index (χ4n) is 3.00. The van der Waals surface area contributed by atoms with Crippen LogP contribution in [-0.2, 0) is 13.1 Å². The monoisotopic (exact) mass is 400 g/mol. The van der Waals surface area contributed by atoms with Gasteiger partial charge in [0.1, 0.15) is 5.82 Å². The Morgan fingerprint density at radius 2 is 1.89 bits per heavy atom. The second-order valence-corrected chi connectivity index (χ2v) is 7.15. The lowest BCUT2D eigenvalue weighted by Gasteiger charge is -2.15. The smallest absolute Gasteiger partial charge is 0.171 e. The minimum atomic E-state index is -0.242. The molecule has 1 aromatic carbocycles. The van der Waals surface area contributed by atoms with Crippen LogP contribution in [-0.4, -0.2) is 24.7 Å². The highest BCUT2D eigenvalue weighted by molar-refractivity contribution is 7.80. The van der Waals surface area contributed by atoms with Crippen molar-refractivity contribution in [1.29, 1.82) is 0 Å². The molecular weight excluding hydrogens is 375 g/mol. The largest absolute Gasteiger partial charge is 0.354 e. The SMILES string of the molecule is CCn1ccc(C(C)NC(=S)Nc2c(C)nn(Cc3ccc(F)cc3)c2C)n1. The van der Waals surface area contributed by atoms with Gasteiger partial charge in [0.25, 0.3) is 0 Å². The Kier molecular flexibility index (Phi) is 6.08. The molecule has 148 valence electrons. The van der Waals surface area contributed by atoms with E-state index in [2.05, 4.69) is 27.8 Å². The Balaban J connectivity index is 1.67. The molecule has 2 heterocycles. The van der Waals surface area contributed by atoms with Gasteiger partial charge < -0.3 is 10.6 Å². The zero-order valence-corrected chi connectivity index (χ0v) is 17.3. The van der Waals surface area contributed by atoms with Crippen molar-refractivity contribution in [2.45, 2.75) is 46.8 Å². The summed E-state index contributed by atoms with van der Waals surface area (Å²) in [6, 6.07) is 8.43. The molecule has 0 spiro atoms. The maximum atomic E-state index is 13.1. The summed E-state index contributed by atoms with van der Waals surface area (Å²) in [5.41, 5.74) is 4.62. The maximum absolute atomic E-state index is 13.1. The molecule has 0 amide bonds. The third-order valence-electron chi connectivity index (χ3n) is 4.64. The number of anilines is 1. The highest BCUT2D eigenvalue weighted by atomic mass is 32.1. The van der Waals surface area contributed by atoms with Crippen LogP contribution in [0.15, 0.2) is 36.5 Å². The van der Waals surface area contributed by atoms with Crippen LogP contribution in [0.3, 0.4) is 0 Å². The average Bonchev–Trinajstić information content (AvgIpc) is 3.24. The topological polar surface area (TPSA) is 59.7 Å².